The van der Waals surface area contributed by atoms with E-state index in [0.717, 1.165) is 15.4 Å². The summed E-state index contributed by atoms with van der Waals surface area (Å²) in [5, 5.41) is 3.44. The fourth-order valence-corrected chi connectivity index (χ4v) is 3.69. The van der Waals surface area contributed by atoms with Gasteiger partial charge in [0.1, 0.15) is 4.34 Å². The quantitative estimate of drug-likeness (QED) is 0.603. The number of hydrogen-bond donors (Lipinski definition) is 1. The minimum Gasteiger partial charge on any atom is -0.380 e. The molecule has 0 unspecified atom stereocenters. The summed E-state index contributed by atoms with van der Waals surface area (Å²) in [6.07, 6.45) is 0. The fourth-order valence-electron chi connectivity index (χ4n) is 1.46. The monoisotopic (exact) mass is 441 g/mol. The molecule has 17 heavy (non-hydrogen) atoms. The molecule has 0 saturated carbocycles. The van der Waals surface area contributed by atoms with Crippen molar-refractivity contribution < 1.29 is 0 Å². The van der Waals surface area contributed by atoms with E-state index in [4.69, 9.17) is 11.6 Å². The van der Waals surface area contributed by atoms with Gasteiger partial charge in [0.15, 0.2) is 0 Å². The average Bonchev–Trinajstić information content (AvgIpc) is 2.61. The van der Waals surface area contributed by atoms with Gasteiger partial charge in [-0.3, -0.25) is 0 Å². The Morgan fingerprint density at radius 2 is 2.24 bits per heavy atom. The summed E-state index contributed by atoms with van der Waals surface area (Å²) in [5.41, 5.74) is 2.47. The van der Waals surface area contributed by atoms with Gasteiger partial charge in [-0.05, 0) is 69.2 Å². The van der Waals surface area contributed by atoms with Crippen LogP contribution in [0.5, 0.6) is 0 Å². The van der Waals surface area contributed by atoms with E-state index in [9.17, 15) is 0 Å². The number of nitrogens with one attached hydrogen (secondary N) is 1. The van der Waals surface area contributed by atoms with Crippen molar-refractivity contribution in [2.24, 2.45) is 0 Å². The van der Waals surface area contributed by atoms with Gasteiger partial charge in [0, 0.05) is 25.2 Å². The van der Waals surface area contributed by atoms with Gasteiger partial charge in [0.25, 0.3) is 0 Å². The predicted molar refractivity (Wildman–Crippen MR) is 88.3 cm³/mol. The van der Waals surface area contributed by atoms with E-state index in [2.05, 4.69) is 75.0 Å². The van der Waals surface area contributed by atoms with E-state index in [1.165, 1.54) is 19.7 Å². The molecule has 5 heteroatoms. The van der Waals surface area contributed by atoms with Crippen molar-refractivity contribution in [2.75, 3.05) is 5.32 Å². The van der Waals surface area contributed by atoms with Crippen LogP contribution in [-0.2, 0) is 6.54 Å². The number of rotatable bonds is 3. The summed E-state index contributed by atoms with van der Waals surface area (Å²) in [4.78, 5) is 1.22. The van der Waals surface area contributed by atoms with Gasteiger partial charge in [0.05, 0.1) is 0 Å². The van der Waals surface area contributed by atoms with Crippen molar-refractivity contribution in [3.63, 3.8) is 0 Å². The van der Waals surface area contributed by atoms with Crippen LogP contribution in [0.15, 0.2) is 28.7 Å². The molecule has 0 saturated heterocycles. The molecule has 0 fully saturated rings. The number of benzene rings is 1. The Bertz CT molecular complexity index is 522. The molecule has 0 bridgehead atoms. The Hall–Kier alpha value is 0.220. The Morgan fingerprint density at radius 3 is 2.88 bits per heavy atom. The van der Waals surface area contributed by atoms with Crippen LogP contribution < -0.4 is 5.32 Å². The Morgan fingerprint density at radius 1 is 1.47 bits per heavy atom. The molecule has 0 aliphatic carbocycles. The van der Waals surface area contributed by atoms with Crippen LogP contribution in [0.4, 0.5) is 5.69 Å². The van der Waals surface area contributed by atoms with Gasteiger partial charge in [-0.15, -0.1) is 11.3 Å². The standard InChI is InChI=1S/C12H10BrClINS/c1-7-10(15)3-2-4-11(7)16-6-8-5-9(13)12(14)17-8/h2-5,16H,6H2,1H3. The van der Waals surface area contributed by atoms with Crippen molar-refractivity contribution in [2.45, 2.75) is 13.5 Å². The number of hydrogen-bond acceptors (Lipinski definition) is 2. The highest BCUT2D eigenvalue weighted by molar-refractivity contribution is 14.1. The lowest BCUT2D eigenvalue weighted by atomic mass is 10.2. The van der Waals surface area contributed by atoms with E-state index >= 15 is 0 Å². The molecule has 0 amide bonds. The first-order valence-electron chi connectivity index (χ1n) is 5.00. The predicted octanol–water partition coefficient (Wildman–Crippen LogP) is 5.69. The molecule has 2 rings (SSSR count). The molecular formula is C12H10BrClINS. The molecule has 1 aromatic carbocycles. The third-order valence-electron chi connectivity index (χ3n) is 2.42. The molecule has 90 valence electrons. The van der Waals surface area contributed by atoms with E-state index in [1.807, 2.05) is 0 Å². The SMILES string of the molecule is Cc1c(I)cccc1NCc1cc(Br)c(Cl)s1. The first-order valence-corrected chi connectivity index (χ1v) is 8.07. The van der Waals surface area contributed by atoms with E-state index in [-0.39, 0.29) is 0 Å². The largest absolute Gasteiger partial charge is 0.380 e. The molecule has 1 nitrogen and oxygen atoms in total. The van der Waals surface area contributed by atoms with Crippen molar-refractivity contribution in [3.8, 4) is 0 Å². The second-order valence-corrected chi connectivity index (χ2v) is 7.36. The number of thiophene rings is 1. The summed E-state index contributed by atoms with van der Waals surface area (Å²) in [6, 6.07) is 8.33. The van der Waals surface area contributed by atoms with E-state index < -0.39 is 0 Å². The van der Waals surface area contributed by atoms with Crippen molar-refractivity contribution >= 4 is 67.1 Å². The fraction of sp³-hybridized carbons (Fsp3) is 0.167. The van der Waals surface area contributed by atoms with Gasteiger partial charge in [-0.2, -0.15) is 0 Å². The van der Waals surface area contributed by atoms with Crippen LogP contribution >= 0.6 is 61.5 Å². The average molecular weight is 443 g/mol. The molecule has 1 N–H and O–H groups in total. The first kappa shape index (κ1) is 13.6. The van der Waals surface area contributed by atoms with Gasteiger partial charge in [-0.25, -0.2) is 0 Å². The molecule has 0 spiro atoms. The van der Waals surface area contributed by atoms with Crippen LogP contribution in [0.3, 0.4) is 0 Å². The summed E-state index contributed by atoms with van der Waals surface area (Å²) in [6.45, 7) is 2.93. The summed E-state index contributed by atoms with van der Waals surface area (Å²) in [5.74, 6) is 0. The van der Waals surface area contributed by atoms with Crippen LogP contribution in [0, 0.1) is 10.5 Å². The Labute approximate surface area is 132 Å². The molecule has 0 atom stereocenters. The zero-order valence-electron chi connectivity index (χ0n) is 9.06. The first-order chi connectivity index (χ1) is 8.08. The lowest BCUT2D eigenvalue weighted by Gasteiger charge is -2.09. The van der Waals surface area contributed by atoms with Crippen LogP contribution in [0.1, 0.15) is 10.4 Å². The second kappa shape index (κ2) is 5.91. The lowest BCUT2D eigenvalue weighted by molar-refractivity contribution is 1.17. The maximum absolute atomic E-state index is 6.01. The van der Waals surface area contributed by atoms with Crippen LogP contribution in [-0.4, -0.2) is 0 Å². The van der Waals surface area contributed by atoms with E-state index in [0.29, 0.717) is 0 Å². The highest BCUT2D eigenvalue weighted by Gasteiger charge is 2.05. The normalized spacial score (nSPS) is 10.6. The smallest absolute Gasteiger partial charge is 0.107 e. The molecule has 2 aromatic rings. The zero-order valence-corrected chi connectivity index (χ0v) is 14.4. The lowest BCUT2D eigenvalue weighted by Crippen LogP contribution is -2.00. The maximum atomic E-state index is 6.01. The second-order valence-electron chi connectivity index (χ2n) is 3.60. The third-order valence-corrected chi connectivity index (χ3v) is 6.06. The summed E-state index contributed by atoms with van der Waals surface area (Å²) < 4.78 is 3.06. The molecular weight excluding hydrogens is 432 g/mol. The van der Waals surface area contributed by atoms with Gasteiger partial charge in [-0.1, -0.05) is 17.7 Å². The summed E-state index contributed by atoms with van der Waals surface area (Å²) in [7, 11) is 0. The Balaban J connectivity index is 2.10. The highest BCUT2D eigenvalue weighted by atomic mass is 127. The van der Waals surface area contributed by atoms with Gasteiger partial charge >= 0.3 is 0 Å². The minimum absolute atomic E-state index is 0.803. The molecule has 0 radical (unpaired) electrons. The molecule has 1 heterocycles. The maximum Gasteiger partial charge on any atom is 0.107 e. The van der Waals surface area contributed by atoms with Crippen molar-refractivity contribution in [3.05, 3.63) is 47.1 Å². The van der Waals surface area contributed by atoms with Crippen molar-refractivity contribution in [1.29, 1.82) is 0 Å². The third kappa shape index (κ3) is 3.36. The van der Waals surface area contributed by atoms with Crippen molar-refractivity contribution in [1.82, 2.24) is 0 Å². The zero-order chi connectivity index (χ0) is 12.4. The Kier molecular flexibility index (Phi) is 4.74. The molecule has 0 aliphatic heterocycles. The van der Waals surface area contributed by atoms with E-state index in [1.54, 1.807) is 11.3 Å². The highest BCUT2D eigenvalue weighted by Crippen LogP contribution is 2.32. The summed E-state index contributed by atoms with van der Waals surface area (Å²) >= 11 is 13.4. The number of halogens is 3. The topological polar surface area (TPSA) is 12.0 Å². The van der Waals surface area contributed by atoms with Gasteiger partial charge in [0.2, 0.25) is 0 Å². The minimum atomic E-state index is 0.803. The number of anilines is 1. The van der Waals surface area contributed by atoms with Gasteiger partial charge < -0.3 is 5.32 Å². The molecule has 0 aliphatic rings. The molecule has 1 aromatic heterocycles. The van der Waals surface area contributed by atoms with Crippen LogP contribution in [0.2, 0.25) is 4.34 Å². The van der Waals surface area contributed by atoms with Crippen LogP contribution in [0.25, 0.3) is 0 Å².